The Morgan fingerprint density at radius 2 is 1.67 bits per heavy atom. The first-order chi connectivity index (χ1) is 23.7. The third-order valence-corrected chi connectivity index (χ3v) is 8.90. The predicted molar refractivity (Wildman–Crippen MR) is 180 cm³/mol. The SMILES string of the molecule is C=N/C=N\C(=C/Cc1cc(C(F)(F)F)ccc1NC(=O)C(C)C(=O)N(CC(=C/CC)/C(F)=C(\C)F)N(C)C1(C(C)O)CCCCCC1)C(F)(F)F. The predicted octanol–water partition coefficient (Wildman–Crippen LogP) is 8.65. The zero-order chi connectivity index (χ0) is 38.7. The lowest BCUT2D eigenvalue weighted by atomic mass is 9.84. The summed E-state index contributed by atoms with van der Waals surface area (Å²) in [5.41, 5.74) is -4.58. The number of aliphatic hydroxyl groups is 1. The van der Waals surface area contributed by atoms with Crippen molar-refractivity contribution in [2.75, 3.05) is 18.9 Å². The largest absolute Gasteiger partial charge is 0.433 e. The van der Waals surface area contributed by atoms with E-state index in [0.717, 1.165) is 30.8 Å². The molecule has 0 bridgehead atoms. The summed E-state index contributed by atoms with van der Waals surface area (Å²) in [6.07, 6.45) is -4.99. The summed E-state index contributed by atoms with van der Waals surface area (Å²) >= 11 is 0. The van der Waals surface area contributed by atoms with Gasteiger partial charge in [-0.15, -0.1) is 0 Å². The van der Waals surface area contributed by atoms with Crippen molar-refractivity contribution in [2.45, 2.75) is 103 Å². The number of amides is 2. The fourth-order valence-electron chi connectivity index (χ4n) is 5.97. The number of hydrogen-bond acceptors (Lipinski definition) is 5. The number of aliphatic hydroxyl groups excluding tert-OH is 1. The van der Waals surface area contributed by atoms with Crippen molar-refractivity contribution in [3.63, 3.8) is 0 Å². The Hall–Kier alpha value is -3.92. The van der Waals surface area contributed by atoms with Gasteiger partial charge in [-0.2, -0.15) is 26.3 Å². The molecule has 0 radical (unpaired) electrons. The molecule has 0 heterocycles. The molecule has 0 spiro atoms. The molecule has 2 amide bonds. The average molecular weight is 736 g/mol. The summed E-state index contributed by atoms with van der Waals surface area (Å²) in [7, 11) is 1.51. The number of nitrogens with one attached hydrogen (secondary N) is 1. The molecule has 1 aliphatic rings. The standard InChI is InChI=1S/C35H45F8N5O3/c1-7-12-26(30(37)23(3)36)20-48(47(6)33(24(4)49)17-10-8-9-11-18-33)32(51)22(2)31(50)46-28-15-14-27(34(38,39)40)19-25(28)13-16-29(35(41,42)43)45-21-44-5/h12,14-16,19,21-22,24,49H,5,7-11,13,17-18,20H2,1-4,6H3,(H,46,50)/b26-12-,29-16-,30-23-,45-21-. The molecule has 8 nitrogen and oxygen atoms in total. The number of aliphatic imine (C=N–C) groups is 2. The normalized spacial score (nSPS) is 17.9. The van der Waals surface area contributed by atoms with Crippen LogP contribution in [0.1, 0.15) is 83.8 Å². The van der Waals surface area contributed by atoms with Crippen LogP contribution in [-0.2, 0) is 22.2 Å². The maximum absolute atomic E-state index is 15.1. The van der Waals surface area contributed by atoms with Gasteiger partial charge >= 0.3 is 12.4 Å². The highest BCUT2D eigenvalue weighted by atomic mass is 19.4. The zero-order valence-corrected chi connectivity index (χ0v) is 29.3. The van der Waals surface area contributed by atoms with E-state index >= 15 is 4.39 Å². The summed E-state index contributed by atoms with van der Waals surface area (Å²) in [6.45, 7) is 7.80. The number of hydrogen-bond donors (Lipinski definition) is 2. The molecule has 284 valence electrons. The average Bonchev–Trinajstić information content (AvgIpc) is 3.32. The van der Waals surface area contributed by atoms with E-state index in [1.807, 2.05) is 0 Å². The van der Waals surface area contributed by atoms with Crippen LogP contribution < -0.4 is 5.32 Å². The molecule has 1 aromatic carbocycles. The number of halogens is 8. The Kier molecular flexibility index (Phi) is 15.7. The van der Waals surface area contributed by atoms with Crippen LogP contribution in [0.3, 0.4) is 0 Å². The molecular formula is C35H45F8N5O3. The zero-order valence-electron chi connectivity index (χ0n) is 29.3. The van der Waals surface area contributed by atoms with Gasteiger partial charge in [0.15, 0.2) is 5.83 Å². The molecule has 1 aliphatic carbocycles. The van der Waals surface area contributed by atoms with Gasteiger partial charge in [0.1, 0.15) is 23.8 Å². The minimum Gasteiger partial charge on any atom is -0.391 e. The number of hydrazine groups is 1. The van der Waals surface area contributed by atoms with E-state index in [-0.39, 0.29) is 23.2 Å². The van der Waals surface area contributed by atoms with Gasteiger partial charge in [0.2, 0.25) is 11.8 Å². The lowest BCUT2D eigenvalue weighted by Gasteiger charge is -2.49. The molecule has 16 heteroatoms. The number of anilines is 1. The maximum Gasteiger partial charge on any atom is 0.433 e. The van der Waals surface area contributed by atoms with E-state index in [0.29, 0.717) is 50.2 Å². The smallest absolute Gasteiger partial charge is 0.391 e. The molecule has 2 unspecified atom stereocenters. The van der Waals surface area contributed by atoms with Crippen LogP contribution in [0, 0.1) is 5.92 Å². The van der Waals surface area contributed by atoms with Crippen molar-refractivity contribution in [2.24, 2.45) is 15.9 Å². The third-order valence-electron chi connectivity index (χ3n) is 8.90. The maximum atomic E-state index is 15.1. The van der Waals surface area contributed by atoms with Crippen molar-refractivity contribution < 1.29 is 49.8 Å². The Morgan fingerprint density at radius 1 is 1.06 bits per heavy atom. The van der Waals surface area contributed by atoms with Crippen LogP contribution in [0.25, 0.3) is 0 Å². The molecule has 51 heavy (non-hydrogen) atoms. The summed E-state index contributed by atoms with van der Waals surface area (Å²) in [5.74, 6) is -5.91. The highest BCUT2D eigenvalue weighted by Gasteiger charge is 2.45. The molecule has 1 saturated carbocycles. The van der Waals surface area contributed by atoms with E-state index in [2.05, 4.69) is 22.0 Å². The molecule has 0 aliphatic heterocycles. The van der Waals surface area contributed by atoms with Gasteiger partial charge in [-0.05, 0) is 83.0 Å². The van der Waals surface area contributed by atoms with Crippen LogP contribution in [0.4, 0.5) is 40.8 Å². The number of rotatable bonds is 14. The Balaban J connectivity index is 2.62. The van der Waals surface area contributed by atoms with Crippen molar-refractivity contribution in [3.05, 3.63) is 64.4 Å². The van der Waals surface area contributed by atoms with E-state index in [1.165, 1.54) is 25.1 Å². The molecule has 0 saturated heterocycles. The number of carbonyl (C=O) groups is 2. The second-order valence-corrected chi connectivity index (χ2v) is 12.4. The Bertz CT molecular complexity index is 1500. The molecule has 0 aromatic heterocycles. The topological polar surface area (TPSA) is 97.6 Å². The van der Waals surface area contributed by atoms with Gasteiger partial charge in [-0.25, -0.2) is 18.8 Å². The van der Waals surface area contributed by atoms with Crippen molar-refractivity contribution >= 4 is 30.6 Å². The number of nitrogens with zero attached hydrogens (tertiary/aromatic N) is 4. The van der Waals surface area contributed by atoms with Crippen LogP contribution in [-0.4, -0.2) is 71.4 Å². The van der Waals surface area contributed by atoms with E-state index in [4.69, 9.17) is 0 Å². The first-order valence-corrected chi connectivity index (χ1v) is 16.4. The molecule has 2 atom stereocenters. The molecule has 1 fully saturated rings. The van der Waals surface area contributed by atoms with Gasteiger partial charge in [0, 0.05) is 18.3 Å². The van der Waals surface area contributed by atoms with Crippen molar-refractivity contribution in [1.29, 1.82) is 0 Å². The van der Waals surface area contributed by atoms with Gasteiger partial charge in [-0.1, -0.05) is 38.7 Å². The lowest BCUT2D eigenvalue weighted by Crippen LogP contribution is -2.63. The quantitative estimate of drug-likeness (QED) is 0.0380. The molecule has 2 rings (SSSR count). The van der Waals surface area contributed by atoms with E-state index < -0.39 is 77.6 Å². The summed E-state index contributed by atoms with van der Waals surface area (Å²) in [5, 5.41) is 15.9. The number of allylic oxidation sites excluding steroid dienone is 4. The van der Waals surface area contributed by atoms with E-state index in [9.17, 15) is 45.4 Å². The molecule has 2 N–H and O–H groups in total. The summed E-state index contributed by atoms with van der Waals surface area (Å²) in [6, 6.07) is 2.04. The monoisotopic (exact) mass is 735 g/mol. The highest BCUT2D eigenvalue weighted by molar-refractivity contribution is 6.06. The van der Waals surface area contributed by atoms with Gasteiger partial charge in [0.25, 0.3) is 0 Å². The summed E-state index contributed by atoms with van der Waals surface area (Å²) in [4.78, 5) is 34.1. The number of alkyl halides is 6. The first kappa shape index (κ1) is 43.2. The number of benzene rings is 1. The van der Waals surface area contributed by atoms with Gasteiger partial charge in [-0.3, -0.25) is 19.6 Å². The second kappa shape index (κ2) is 18.5. The Labute approximate surface area is 292 Å². The van der Waals surface area contributed by atoms with Crippen molar-refractivity contribution in [1.82, 2.24) is 10.0 Å². The number of carbonyl (C=O) groups excluding carboxylic acids is 2. The van der Waals surface area contributed by atoms with E-state index in [1.54, 1.807) is 13.8 Å². The lowest BCUT2D eigenvalue weighted by molar-refractivity contribution is -0.174. The second-order valence-electron chi connectivity index (χ2n) is 12.4. The fraction of sp³-hybridized carbons (Fsp3) is 0.543. The van der Waals surface area contributed by atoms with Crippen LogP contribution >= 0.6 is 0 Å². The fourth-order valence-corrected chi connectivity index (χ4v) is 5.97. The first-order valence-electron chi connectivity index (χ1n) is 16.4. The van der Waals surface area contributed by atoms with Gasteiger partial charge in [0.05, 0.1) is 23.8 Å². The van der Waals surface area contributed by atoms with Crippen LogP contribution in [0.2, 0.25) is 0 Å². The van der Waals surface area contributed by atoms with Crippen molar-refractivity contribution in [3.8, 4) is 0 Å². The molecular weight excluding hydrogens is 690 g/mol. The summed E-state index contributed by atoms with van der Waals surface area (Å²) < 4.78 is 111. The molecule has 1 aromatic rings. The highest BCUT2D eigenvalue weighted by Crippen LogP contribution is 2.38. The van der Waals surface area contributed by atoms with Crippen LogP contribution in [0.15, 0.2) is 63.3 Å². The van der Waals surface area contributed by atoms with Gasteiger partial charge < -0.3 is 10.4 Å². The van der Waals surface area contributed by atoms with Crippen LogP contribution in [0.5, 0.6) is 0 Å². The minimum absolute atomic E-state index is 0.189. The minimum atomic E-state index is -5.00. The third kappa shape index (κ3) is 11.5. The Morgan fingerprint density at radius 3 is 2.16 bits per heavy atom. The number of likely N-dealkylation sites (N-methyl/N-ethyl adjacent to an activating group) is 1.